The molecule has 0 bridgehead atoms. The minimum Gasteiger partial charge on any atom is -0.356 e. The predicted octanol–water partition coefficient (Wildman–Crippen LogP) is 2.49. The number of aliphatic imine (C=N–C) groups is 1. The Morgan fingerprint density at radius 2 is 2.21 bits per heavy atom. The summed E-state index contributed by atoms with van der Waals surface area (Å²) in [6, 6.07) is 4.97. The van der Waals surface area contributed by atoms with E-state index < -0.39 is 9.84 Å². The van der Waals surface area contributed by atoms with Crippen LogP contribution in [0.5, 0.6) is 0 Å². The average molecular weight is 534 g/mol. The van der Waals surface area contributed by atoms with Crippen molar-refractivity contribution in [3.8, 4) is 0 Å². The molecule has 0 amide bonds. The van der Waals surface area contributed by atoms with Crippen LogP contribution in [0.4, 0.5) is 4.39 Å². The zero-order valence-electron chi connectivity index (χ0n) is 13.4. The largest absolute Gasteiger partial charge is 0.356 e. The Morgan fingerprint density at radius 1 is 1.46 bits per heavy atom. The second-order valence-corrected chi connectivity index (χ2v) is 8.73. The van der Waals surface area contributed by atoms with Crippen LogP contribution in [0, 0.1) is 5.82 Å². The SMILES string of the molecule is CN=C(NCCCc1ccc(Br)cc1F)NC1CCS(=O)(=O)C1.I. The maximum Gasteiger partial charge on any atom is 0.191 e. The van der Waals surface area contributed by atoms with Gasteiger partial charge in [-0.1, -0.05) is 22.0 Å². The van der Waals surface area contributed by atoms with Gasteiger partial charge in [-0.3, -0.25) is 4.99 Å². The average Bonchev–Trinajstić information content (AvgIpc) is 2.83. The number of halogens is 3. The molecule has 1 atom stereocenters. The van der Waals surface area contributed by atoms with E-state index in [0.29, 0.717) is 30.9 Å². The molecule has 0 aromatic heterocycles. The van der Waals surface area contributed by atoms with Crippen LogP contribution in [0.2, 0.25) is 0 Å². The summed E-state index contributed by atoms with van der Waals surface area (Å²) in [5, 5.41) is 6.26. The van der Waals surface area contributed by atoms with Crippen molar-refractivity contribution in [2.75, 3.05) is 25.1 Å². The van der Waals surface area contributed by atoms with E-state index >= 15 is 0 Å². The molecule has 5 nitrogen and oxygen atoms in total. The summed E-state index contributed by atoms with van der Waals surface area (Å²) in [4.78, 5) is 4.09. The molecule has 9 heteroatoms. The Labute approximate surface area is 168 Å². The number of guanidine groups is 1. The maximum absolute atomic E-state index is 13.7. The fourth-order valence-electron chi connectivity index (χ4n) is 2.51. The van der Waals surface area contributed by atoms with E-state index in [1.807, 2.05) is 6.07 Å². The molecule has 1 fully saturated rings. The third-order valence-corrected chi connectivity index (χ3v) is 5.99. The number of nitrogens with one attached hydrogen (secondary N) is 2. The van der Waals surface area contributed by atoms with Crippen molar-refractivity contribution in [1.29, 1.82) is 0 Å². The second-order valence-electron chi connectivity index (χ2n) is 5.58. The standard InChI is InChI=1S/C15H21BrFN3O2S.HI/c1-18-15(20-13-6-8-23(21,22)10-13)19-7-2-3-11-4-5-12(16)9-14(11)17;/h4-5,9,13H,2-3,6-8,10H2,1H3,(H2,18,19,20);1H. The lowest BCUT2D eigenvalue weighted by atomic mass is 10.1. The zero-order valence-corrected chi connectivity index (χ0v) is 18.1. The van der Waals surface area contributed by atoms with Crippen LogP contribution in [-0.2, 0) is 16.3 Å². The minimum atomic E-state index is -2.91. The number of hydrogen-bond donors (Lipinski definition) is 2. The smallest absolute Gasteiger partial charge is 0.191 e. The van der Waals surface area contributed by atoms with Gasteiger partial charge in [-0.25, -0.2) is 12.8 Å². The molecular weight excluding hydrogens is 512 g/mol. The van der Waals surface area contributed by atoms with E-state index in [1.165, 1.54) is 6.07 Å². The van der Waals surface area contributed by atoms with Gasteiger partial charge in [0.2, 0.25) is 0 Å². The highest BCUT2D eigenvalue weighted by Gasteiger charge is 2.28. The van der Waals surface area contributed by atoms with Gasteiger partial charge in [0.25, 0.3) is 0 Å². The first-order valence-corrected chi connectivity index (χ1v) is 10.1. The van der Waals surface area contributed by atoms with Gasteiger partial charge >= 0.3 is 0 Å². The summed E-state index contributed by atoms with van der Waals surface area (Å²) in [5.41, 5.74) is 0.680. The summed E-state index contributed by atoms with van der Waals surface area (Å²) in [5.74, 6) is 0.754. The lowest BCUT2D eigenvalue weighted by molar-refractivity contribution is 0.598. The van der Waals surface area contributed by atoms with E-state index in [4.69, 9.17) is 0 Å². The Hall–Kier alpha value is -0.420. The van der Waals surface area contributed by atoms with Crippen LogP contribution in [-0.4, -0.2) is 45.5 Å². The summed E-state index contributed by atoms with van der Waals surface area (Å²) in [6.45, 7) is 0.634. The van der Waals surface area contributed by atoms with Gasteiger partial charge in [-0.05, 0) is 37.0 Å². The molecule has 0 spiro atoms. The third-order valence-electron chi connectivity index (χ3n) is 3.73. The summed E-state index contributed by atoms with van der Waals surface area (Å²) < 4.78 is 37.3. The lowest BCUT2D eigenvalue weighted by Crippen LogP contribution is -2.44. The maximum atomic E-state index is 13.7. The van der Waals surface area contributed by atoms with Crippen molar-refractivity contribution < 1.29 is 12.8 Å². The molecular formula is C15H22BrFIN3O2S. The minimum absolute atomic E-state index is 0. The molecule has 1 aliphatic heterocycles. The second kappa shape index (κ2) is 9.91. The molecule has 1 aliphatic rings. The Kier molecular flexibility index (Phi) is 8.93. The van der Waals surface area contributed by atoms with Crippen LogP contribution in [0.3, 0.4) is 0 Å². The Morgan fingerprint density at radius 3 is 2.79 bits per heavy atom. The molecule has 1 heterocycles. The van der Waals surface area contributed by atoms with Gasteiger partial charge in [0.05, 0.1) is 11.5 Å². The highest BCUT2D eigenvalue weighted by molar-refractivity contribution is 14.0. The number of benzene rings is 1. The molecule has 1 aromatic carbocycles. The van der Waals surface area contributed by atoms with Gasteiger partial charge in [-0.15, -0.1) is 24.0 Å². The van der Waals surface area contributed by atoms with Gasteiger partial charge in [0, 0.05) is 24.1 Å². The summed E-state index contributed by atoms with van der Waals surface area (Å²) in [7, 11) is -1.26. The first kappa shape index (κ1) is 21.6. The van der Waals surface area contributed by atoms with Crippen LogP contribution >= 0.6 is 39.9 Å². The molecule has 1 aromatic rings. The Balaban J connectivity index is 0.00000288. The van der Waals surface area contributed by atoms with E-state index in [0.717, 1.165) is 10.9 Å². The van der Waals surface area contributed by atoms with Gasteiger partial charge in [0.1, 0.15) is 5.82 Å². The van der Waals surface area contributed by atoms with E-state index in [-0.39, 0.29) is 47.3 Å². The highest BCUT2D eigenvalue weighted by atomic mass is 127. The van der Waals surface area contributed by atoms with Crippen LogP contribution in [0.1, 0.15) is 18.4 Å². The van der Waals surface area contributed by atoms with Gasteiger partial charge in [-0.2, -0.15) is 0 Å². The lowest BCUT2D eigenvalue weighted by Gasteiger charge is -2.16. The zero-order chi connectivity index (χ0) is 16.9. The van der Waals surface area contributed by atoms with Crippen molar-refractivity contribution in [3.05, 3.63) is 34.1 Å². The number of rotatable bonds is 5. The number of aryl methyl sites for hydroxylation is 1. The highest BCUT2D eigenvalue weighted by Crippen LogP contribution is 2.16. The van der Waals surface area contributed by atoms with Crippen molar-refractivity contribution >= 4 is 55.7 Å². The van der Waals surface area contributed by atoms with Crippen molar-refractivity contribution in [3.63, 3.8) is 0 Å². The van der Waals surface area contributed by atoms with E-state index in [9.17, 15) is 12.8 Å². The van der Waals surface area contributed by atoms with Crippen molar-refractivity contribution in [2.45, 2.75) is 25.3 Å². The molecule has 0 radical (unpaired) electrons. The van der Waals surface area contributed by atoms with Crippen molar-refractivity contribution in [1.82, 2.24) is 10.6 Å². The normalized spacial score (nSPS) is 19.6. The molecule has 136 valence electrons. The van der Waals surface area contributed by atoms with E-state index in [1.54, 1.807) is 13.1 Å². The summed E-state index contributed by atoms with van der Waals surface area (Å²) >= 11 is 3.24. The Bertz CT molecular complexity index is 685. The third kappa shape index (κ3) is 6.83. The first-order valence-electron chi connectivity index (χ1n) is 7.51. The predicted molar refractivity (Wildman–Crippen MR) is 109 cm³/mol. The fourth-order valence-corrected chi connectivity index (χ4v) is 4.51. The number of sulfone groups is 1. The molecule has 0 aliphatic carbocycles. The molecule has 0 saturated carbocycles. The van der Waals surface area contributed by atoms with Crippen LogP contribution in [0.25, 0.3) is 0 Å². The summed E-state index contributed by atoms with van der Waals surface area (Å²) in [6.07, 6.45) is 1.98. The molecule has 24 heavy (non-hydrogen) atoms. The van der Waals surface area contributed by atoms with E-state index in [2.05, 4.69) is 31.6 Å². The van der Waals surface area contributed by atoms with Gasteiger partial charge < -0.3 is 10.6 Å². The quantitative estimate of drug-likeness (QED) is 0.264. The first-order chi connectivity index (χ1) is 10.9. The number of nitrogens with zero attached hydrogens (tertiary/aromatic N) is 1. The fraction of sp³-hybridized carbons (Fsp3) is 0.533. The molecule has 1 unspecified atom stereocenters. The van der Waals surface area contributed by atoms with Crippen LogP contribution in [0.15, 0.2) is 27.7 Å². The molecule has 2 rings (SSSR count). The topological polar surface area (TPSA) is 70.6 Å². The monoisotopic (exact) mass is 533 g/mol. The van der Waals surface area contributed by atoms with Crippen LogP contribution < -0.4 is 10.6 Å². The van der Waals surface area contributed by atoms with Gasteiger partial charge in [0.15, 0.2) is 15.8 Å². The van der Waals surface area contributed by atoms with Crippen molar-refractivity contribution in [2.24, 2.45) is 4.99 Å². The number of hydrogen-bond acceptors (Lipinski definition) is 3. The molecule has 1 saturated heterocycles. The molecule has 2 N–H and O–H groups in total.